The molecule has 0 radical (unpaired) electrons. The van der Waals surface area contributed by atoms with Crippen LogP contribution in [0.1, 0.15) is 35.7 Å². The summed E-state index contributed by atoms with van der Waals surface area (Å²) >= 11 is 0. The summed E-state index contributed by atoms with van der Waals surface area (Å²) in [5.74, 6) is 0.611. The van der Waals surface area contributed by atoms with Crippen LogP contribution >= 0.6 is 0 Å². The highest BCUT2D eigenvalue weighted by Crippen LogP contribution is 2.13. The number of benzene rings is 2. The number of unbranched alkanes of at least 4 members (excludes halogenated alkanes) is 1. The summed E-state index contributed by atoms with van der Waals surface area (Å²) < 4.78 is 5.56. The maximum Gasteiger partial charge on any atom is 0.278 e. The number of nitrogens with two attached hydrogens (primary N) is 1. The molecule has 4 nitrogen and oxygen atoms in total. The molecule has 0 aliphatic heterocycles. The zero-order valence-corrected chi connectivity index (χ0v) is 12.7. The molecular weight excluding hydrogens is 276 g/mol. The molecular formula is C18H20N2O2. The first-order valence-corrected chi connectivity index (χ1v) is 7.37. The predicted molar refractivity (Wildman–Crippen MR) is 88.3 cm³/mol. The van der Waals surface area contributed by atoms with Gasteiger partial charge >= 0.3 is 0 Å². The smallest absolute Gasteiger partial charge is 0.278 e. The minimum absolute atomic E-state index is 0.217. The van der Waals surface area contributed by atoms with Crippen LogP contribution in [0, 0.1) is 0 Å². The lowest BCUT2D eigenvalue weighted by molar-refractivity contribution is 0.100. The molecule has 4 heteroatoms. The molecule has 2 aromatic rings. The predicted octanol–water partition coefficient (Wildman–Crippen LogP) is 3.41. The van der Waals surface area contributed by atoms with E-state index < -0.39 is 0 Å². The maximum atomic E-state index is 12.1. The van der Waals surface area contributed by atoms with Crippen LogP contribution in [0.25, 0.3) is 0 Å². The Bertz CT molecular complexity index is 634. The summed E-state index contributed by atoms with van der Waals surface area (Å²) in [6.45, 7) is 2.79. The van der Waals surface area contributed by atoms with Crippen LogP contribution in [0.15, 0.2) is 59.6 Å². The first-order valence-electron chi connectivity index (χ1n) is 7.37. The van der Waals surface area contributed by atoms with E-state index in [0.717, 1.165) is 24.2 Å². The van der Waals surface area contributed by atoms with Gasteiger partial charge in [-0.25, -0.2) is 0 Å². The second kappa shape index (κ2) is 7.98. The van der Waals surface area contributed by atoms with Crippen molar-refractivity contribution < 1.29 is 9.53 Å². The summed E-state index contributed by atoms with van der Waals surface area (Å²) in [5, 5.41) is 0. The Hall–Kier alpha value is -2.62. The summed E-state index contributed by atoms with van der Waals surface area (Å²) in [4.78, 5) is 16.0. The number of nitrogens with zero attached hydrogens (tertiary/aromatic N) is 1. The molecule has 0 atom stereocenters. The third-order valence-electron chi connectivity index (χ3n) is 3.16. The number of carbonyl (C=O) groups is 1. The van der Waals surface area contributed by atoms with E-state index in [-0.39, 0.29) is 11.7 Å². The highest BCUT2D eigenvalue weighted by molar-refractivity contribution is 6.08. The van der Waals surface area contributed by atoms with Gasteiger partial charge in [0.05, 0.1) is 6.61 Å². The van der Waals surface area contributed by atoms with Crippen molar-refractivity contribution in [2.45, 2.75) is 19.8 Å². The fourth-order valence-electron chi connectivity index (χ4n) is 1.88. The van der Waals surface area contributed by atoms with Gasteiger partial charge in [0.1, 0.15) is 11.6 Å². The van der Waals surface area contributed by atoms with E-state index in [4.69, 9.17) is 10.5 Å². The lowest BCUT2D eigenvalue weighted by Gasteiger charge is -2.05. The molecule has 0 fully saturated rings. The quantitative estimate of drug-likeness (QED) is 0.504. The second-order valence-corrected chi connectivity index (χ2v) is 4.89. The van der Waals surface area contributed by atoms with Gasteiger partial charge in [0, 0.05) is 11.1 Å². The monoisotopic (exact) mass is 296 g/mol. The molecule has 1 amide bonds. The summed E-state index contributed by atoms with van der Waals surface area (Å²) in [6, 6.07) is 16.2. The van der Waals surface area contributed by atoms with Gasteiger partial charge in [-0.2, -0.15) is 4.99 Å². The molecule has 0 spiro atoms. The van der Waals surface area contributed by atoms with Crippen LogP contribution in [0.3, 0.4) is 0 Å². The topological polar surface area (TPSA) is 64.7 Å². The summed E-state index contributed by atoms with van der Waals surface area (Å²) in [7, 11) is 0. The SMILES string of the molecule is CCCCOc1ccc(C(=O)N=C(N)c2ccccc2)cc1. The van der Waals surface area contributed by atoms with E-state index in [9.17, 15) is 4.79 Å². The molecule has 0 aliphatic carbocycles. The minimum atomic E-state index is -0.360. The highest BCUT2D eigenvalue weighted by Gasteiger charge is 2.06. The van der Waals surface area contributed by atoms with Gasteiger partial charge in [-0.05, 0) is 30.7 Å². The average molecular weight is 296 g/mol. The lowest BCUT2D eigenvalue weighted by atomic mass is 10.2. The van der Waals surface area contributed by atoms with Crippen molar-refractivity contribution in [3.63, 3.8) is 0 Å². The first kappa shape index (κ1) is 15.8. The Labute approximate surface area is 130 Å². The number of aliphatic imine (C=N–C) groups is 1. The standard InChI is InChI=1S/C18H20N2O2/c1-2-3-13-22-16-11-9-15(10-12-16)18(21)20-17(19)14-7-5-4-6-8-14/h4-12H,2-3,13H2,1H3,(H2,19,20,21). The van der Waals surface area contributed by atoms with Crippen LogP contribution < -0.4 is 10.5 Å². The molecule has 0 unspecified atom stereocenters. The van der Waals surface area contributed by atoms with E-state index in [1.54, 1.807) is 24.3 Å². The highest BCUT2D eigenvalue weighted by atomic mass is 16.5. The molecule has 0 bridgehead atoms. The van der Waals surface area contributed by atoms with E-state index in [2.05, 4.69) is 11.9 Å². The van der Waals surface area contributed by atoms with Gasteiger partial charge < -0.3 is 10.5 Å². The average Bonchev–Trinajstić information content (AvgIpc) is 2.56. The normalized spacial score (nSPS) is 11.2. The Morgan fingerprint density at radius 2 is 1.73 bits per heavy atom. The molecule has 2 aromatic carbocycles. The van der Waals surface area contributed by atoms with E-state index in [1.807, 2.05) is 30.3 Å². The van der Waals surface area contributed by atoms with Crippen LogP contribution in [-0.4, -0.2) is 18.3 Å². The van der Waals surface area contributed by atoms with Crippen molar-refractivity contribution in [2.75, 3.05) is 6.61 Å². The Kier molecular flexibility index (Phi) is 5.72. The number of carbonyl (C=O) groups excluding carboxylic acids is 1. The van der Waals surface area contributed by atoms with Crippen molar-refractivity contribution in [2.24, 2.45) is 10.7 Å². The van der Waals surface area contributed by atoms with E-state index >= 15 is 0 Å². The first-order chi connectivity index (χ1) is 10.7. The molecule has 2 N–H and O–H groups in total. The molecule has 0 saturated heterocycles. The van der Waals surface area contributed by atoms with Gasteiger partial charge in [0.15, 0.2) is 0 Å². The van der Waals surface area contributed by atoms with E-state index in [0.29, 0.717) is 12.2 Å². The number of hydrogen-bond donors (Lipinski definition) is 1. The molecule has 0 aromatic heterocycles. The van der Waals surface area contributed by atoms with Crippen LogP contribution in [0.4, 0.5) is 0 Å². The number of hydrogen-bond acceptors (Lipinski definition) is 2. The molecule has 22 heavy (non-hydrogen) atoms. The third-order valence-corrected chi connectivity index (χ3v) is 3.16. The fraction of sp³-hybridized carbons (Fsp3) is 0.222. The van der Waals surface area contributed by atoms with Gasteiger partial charge in [-0.15, -0.1) is 0 Å². The number of amides is 1. The van der Waals surface area contributed by atoms with Crippen molar-refractivity contribution >= 4 is 11.7 Å². The molecule has 0 saturated carbocycles. The minimum Gasteiger partial charge on any atom is -0.494 e. The second-order valence-electron chi connectivity index (χ2n) is 4.89. The van der Waals surface area contributed by atoms with Crippen molar-refractivity contribution in [3.05, 3.63) is 65.7 Å². The lowest BCUT2D eigenvalue weighted by Crippen LogP contribution is -2.15. The zero-order valence-electron chi connectivity index (χ0n) is 12.7. The zero-order chi connectivity index (χ0) is 15.8. The van der Waals surface area contributed by atoms with Crippen LogP contribution in [-0.2, 0) is 0 Å². The Morgan fingerprint density at radius 1 is 1.05 bits per heavy atom. The fourth-order valence-corrected chi connectivity index (χ4v) is 1.88. The number of rotatable bonds is 6. The Balaban J connectivity index is 2.03. The van der Waals surface area contributed by atoms with Crippen molar-refractivity contribution in [1.29, 1.82) is 0 Å². The maximum absolute atomic E-state index is 12.1. The molecule has 2 rings (SSSR count). The van der Waals surface area contributed by atoms with E-state index in [1.165, 1.54) is 0 Å². The number of ether oxygens (including phenoxy) is 1. The van der Waals surface area contributed by atoms with Gasteiger partial charge in [0.25, 0.3) is 5.91 Å². The number of amidine groups is 1. The Morgan fingerprint density at radius 3 is 2.36 bits per heavy atom. The van der Waals surface area contributed by atoms with Gasteiger partial charge in [0.2, 0.25) is 0 Å². The third kappa shape index (κ3) is 4.45. The van der Waals surface area contributed by atoms with Crippen molar-refractivity contribution in [3.8, 4) is 5.75 Å². The van der Waals surface area contributed by atoms with Crippen LogP contribution in [0.5, 0.6) is 5.75 Å². The van der Waals surface area contributed by atoms with Crippen molar-refractivity contribution in [1.82, 2.24) is 0 Å². The molecule has 0 heterocycles. The van der Waals surface area contributed by atoms with Gasteiger partial charge in [-0.3, -0.25) is 4.79 Å². The molecule has 114 valence electrons. The van der Waals surface area contributed by atoms with Gasteiger partial charge in [-0.1, -0.05) is 43.7 Å². The summed E-state index contributed by atoms with van der Waals surface area (Å²) in [5.41, 5.74) is 7.07. The molecule has 0 aliphatic rings. The largest absolute Gasteiger partial charge is 0.494 e. The van der Waals surface area contributed by atoms with Crippen LogP contribution in [0.2, 0.25) is 0 Å². The summed E-state index contributed by atoms with van der Waals surface area (Å²) in [6.07, 6.45) is 2.10.